The van der Waals surface area contributed by atoms with Gasteiger partial charge in [0.15, 0.2) is 18.1 Å². The number of nitro groups is 1. The lowest BCUT2D eigenvalue weighted by Gasteiger charge is -2.10. The maximum atomic E-state index is 12.4. The Balaban J connectivity index is 1.75. The molecule has 11 heteroatoms. The predicted octanol–water partition coefficient (Wildman–Crippen LogP) is 4.14. The molecule has 29 heavy (non-hydrogen) atoms. The van der Waals surface area contributed by atoms with E-state index in [1.807, 2.05) is 0 Å². The molecule has 2 aromatic carbocycles. The van der Waals surface area contributed by atoms with E-state index in [1.165, 1.54) is 37.4 Å². The van der Waals surface area contributed by atoms with Crippen LogP contribution in [-0.2, 0) is 6.61 Å². The lowest BCUT2D eigenvalue weighted by Crippen LogP contribution is -2.03. The minimum absolute atomic E-state index is 0.0630. The molecule has 0 unspecified atom stereocenters. The van der Waals surface area contributed by atoms with Crippen molar-refractivity contribution < 1.29 is 32.4 Å². The molecule has 152 valence electrons. The number of nitro benzene ring substituents is 1. The number of nitrogens with zero attached hydrogens (tertiary/aromatic N) is 3. The lowest BCUT2D eigenvalue weighted by molar-refractivity contribution is -0.385. The zero-order chi connectivity index (χ0) is 21.0. The number of alkyl halides is 2. The first-order valence-electron chi connectivity index (χ1n) is 8.21. The zero-order valence-electron chi connectivity index (χ0n) is 15.3. The molecule has 0 N–H and O–H groups in total. The summed E-state index contributed by atoms with van der Waals surface area (Å²) in [6, 6.07) is 8.68. The molecule has 0 atom stereocenters. The molecule has 0 aliphatic heterocycles. The minimum atomic E-state index is -2.99. The van der Waals surface area contributed by atoms with Crippen molar-refractivity contribution >= 4 is 5.69 Å². The van der Waals surface area contributed by atoms with Crippen LogP contribution in [0.1, 0.15) is 11.5 Å². The van der Waals surface area contributed by atoms with Crippen molar-refractivity contribution in [1.29, 1.82) is 0 Å². The molecule has 0 amide bonds. The van der Waals surface area contributed by atoms with Gasteiger partial charge in [-0.2, -0.15) is 13.8 Å². The first-order valence-corrected chi connectivity index (χ1v) is 8.21. The number of hydrogen-bond donors (Lipinski definition) is 0. The summed E-state index contributed by atoms with van der Waals surface area (Å²) in [5, 5.41) is 14.8. The van der Waals surface area contributed by atoms with E-state index < -0.39 is 11.5 Å². The van der Waals surface area contributed by atoms with Crippen molar-refractivity contribution in [2.45, 2.75) is 20.1 Å². The third-order valence-electron chi connectivity index (χ3n) is 3.91. The number of ether oxygens (including phenoxy) is 3. The molecule has 3 rings (SSSR count). The second kappa shape index (κ2) is 8.50. The van der Waals surface area contributed by atoms with Crippen LogP contribution in [0, 0.1) is 17.0 Å². The van der Waals surface area contributed by atoms with Gasteiger partial charge >= 0.3 is 6.61 Å². The molecule has 0 aliphatic carbocycles. The Hall–Kier alpha value is -3.76. The van der Waals surface area contributed by atoms with Gasteiger partial charge in [-0.05, 0) is 31.2 Å². The summed E-state index contributed by atoms with van der Waals surface area (Å²) < 4.78 is 44.9. The molecule has 0 radical (unpaired) electrons. The van der Waals surface area contributed by atoms with Crippen LogP contribution in [0.5, 0.6) is 17.2 Å². The summed E-state index contributed by atoms with van der Waals surface area (Å²) in [5.41, 5.74) is 0.758. The number of methoxy groups -OCH3 is 1. The fourth-order valence-corrected chi connectivity index (χ4v) is 2.53. The van der Waals surface area contributed by atoms with Crippen LogP contribution >= 0.6 is 0 Å². The minimum Gasteiger partial charge on any atom is -0.493 e. The normalized spacial score (nSPS) is 10.8. The summed E-state index contributed by atoms with van der Waals surface area (Å²) in [4.78, 5) is 14.7. The molecule has 9 nitrogen and oxygen atoms in total. The van der Waals surface area contributed by atoms with E-state index in [0.717, 1.165) is 0 Å². The maximum Gasteiger partial charge on any atom is 0.387 e. The maximum absolute atomic E-state index is 12.4. The highest BCUT2D eigenvalue weighted by atomic mass is 19.3. The van der Waals surface area contributed by atoms with Crippen LogP contribution in [-0.4, -0.2) is 28.8 Å². The second-order valence-corrected chi connectivity index (χ2v) is 5.70. The van der Waals surface area contributed by atoms with E-state index in [1.54, 1.807) is 13.0 Å². The van der Waals surface area contributed by atoms with Crippen LogP contribution in [0.3, 0.4) is 0 Å². The lowest BCUT2D eigenvalue weighted by atomic mass is 10.2. The van der Waals surface area contributed by atoms with E-state index >= 15 is 0 Å². The highest BCUT2D eigenvalue weighted by Gasteiger charge is 2.17. The molecule has 0 fully saturated rings. The van der Waals surface area contributed by atoms with Crippen LogP contribution in [0.15, 0.2) is 40.9 Å². The Bertz CT molecular complexity index is 1020. The molecule has 1 aromatic heterocycles. The fourth-order valence-electron chi connectivity index (χ4n) is 2.53. The van der Waals surface area contributed by atoms with Crippen molar-refractivity contribution in [3.63, 3.8) is 0 Å². The van der Waals surface area contributed by atoms with Gasteiger partial charge in [0.1, 0.15) is 5.75 Å². The second-order valence-electron chi connectivity index (χ2n) is 5.70. The molecular formula is C18H15F2N3O6. The third kappa shape index (κ3) is 4.57. The Morgan fingerprint density at radius 3 is 2.69 bits per heavy atom. The highest BCUT2D eigenvalue weighted by Crippen LogP contribution is 2.33. The SMILES string of the molecule is COc1cc(-c2noc(COc3cccc([N+](=O)[O-])c3C)n2)ccc1OC(F)F. The summed E-state index contributed by atoms with van der Waals surface area (Å²) in [7, 11) is 1.31. The van der Waals surface area contributed by atoms with E-state index in [-0.39, 0.29) is 35.5 Å². The van der Waals surface area contributed by atoms with Crippen molar-refractivity contribution in [3.8, 4) is 28.6 Å². The van der Waals surface area contributed by atoms with Gasteiger partial charge in [0.2, 0.25) is 5.82 Å². The summed E-state index contributed by atoms with van der Waals surface area (Å²) in [5.74, 6) is 0.574. The van der Waals surface area contributed by atoms with Gasteiger partial charge in [-0.3, -0.25) is 10.1 Å². The quantitative estimate of drug-likeness (QED) is 0.405. The van der Waals surface area contributed by atoms with Crippen LogP contribution in [0.4, 0.5) is 14.5 Å². The van der Waals surface area contributed by atoms with Crippen molar-refractivity contribution in [2.75, 3.05) is 7.11 Å². The van der Waals surface area contributed by atoms with Gasteiger partial charge in [0.25, 0.3) is 11.6 Å². The van der Waals surface area contributed by atoms with E-state index in [9.17, 15) is 18.9 Å². The van der Waals surface area contributed by atoms with Crippen LogP contribution < -0.4 is 14.2 Å². The molecule has 0 bridgehead atoms. The molecule has 0 spiro atoms. The Morgan fingerprint density at radius 1 is 1.21 bits per heavy atom. The summed E-state index contributed by atoms with van der Waals surface area (Å²) in [6.07, 6.45) is 0. The fraction of sp³-hybridized carbons (Fsp3) is 0.222. The monoisotopic (exact) mass is 407 g/mol. The van der Waals surface area contributed by atoms with Crippen molar-refractivity contribution in [2.24, 2.45) is 0 Å². The van der Waals surface area contributed by atoms with Gasteiger partial charge in [-0.1, -0.05) is 11.2 Å². The van der Waals surface area contributed by atoms with Gasteiger partial charge in [0.05, 0.1) is 17.6 Å². The van der Waals surface area contributed by atoms with Gasteiger partial charge in [-0.15, -0.1) is 0 Å². The number of benzene rings is 2. The molecule has 0 saturated heterocycles. The Morgan fingerprint density at radius 2 is 2.00 bits per heavy atom. The molecule has 3 aromatic rings. The van der Waals surface area contributed by atoms with Gasteiger partial charge in [0, 0.05) is 11.6 Å². The van der Waals surface area contributed by atoms with Crippen molar-refractivity contribution in [1.82, 2.24) is 10.1 Å². The standard InChI is InChI=1S/C18H15F2N3O6/c1-10-12(23(24)25)4-3-5-13(10)27-9-16-21-17(22-29-16)11-6-7-14(28-18(19)20)15(8-11)26-2/h3-8,18H,9H2,1-2H3. The highest BCUT2D eigenvalue weighted by molar-refractivity contribution is 5.60. The third-order valence-corrected chi connectivity index (χ3v) is 3.91. The zero-order valence-corrected chi connectivity index (χ0v) is 15.3. The number of aromatic nitrogens is 2. The van der Waals surface area contributed by atoms with Crippen LogP contribution in [0.25, 0.3) is 11.4 Å². The summed E-state index contributed by atoms with van der Waals surface area (Å²) in [6.45, 7) is -1.53. The summed E-state index contributed by atoms with van der Waals surface area (Å²) >= 11 is 0. The Kier molecular flexibility index (Phi) is 5.86. The van der Waals surface area contributed by atoms with Gasteiger partial charge in [-0.25, -0.2) is 0 Å². The number of halogens is 2. The van der Waals surface area contributed by atoms with E-state index in [2.05, 4.69) is 14.9 Å². The largest absolute Gasteiger partial charge is 0.493 e. The number of rotatable bonds is 8. The molecule has 0 aliphatic rings. The topological polar surface area (TPSA) is 110 Å². The van der Waals surface area contributed by atoms with E-state index in [0.29, 0.717) is 16.9 Å². The Labute approximate surface area is 163 Å². The first-order chi connectivity index (χ1) is 13.9. The predicted molar refractivity (Wildman–Crippen MR) is 95.1 cm³/mol. The van der Waals surface area contributed by atoms with Gasteiger partial charge < -0.3 is 18.7 Å². The van der Waals surface area contributed by atoms with E-state index in [4.69, 9.17) is 14.0 Å². The molecule has 1 heterocycles. The smallest absolute Gasteiger partial charge is 0.387 e. The average molecular weight is 407 g/mol. The molecular weight excluding hydrogens is 392 g/mol. The average Bonchev–Trinajstić information content (AvgIpc) is 3.16. The number of hydrogen-bond acceptors (Lipinski definition) is 8. The first kappa shape index (κ1) is 20.0. The van der Waals surface area contributed by atoms with Crippen molar-refractivity contribution in [3.05, 3.63) is 58.0 Å². The molecule has 0 saturated carbocycles. The van der Waals surface area contributed by atoms with Crippen LogP contribution in [0.2, 0.25) is 0 Å².